The quantitative estimate of drug-likeness (QED) is 0.891. The Kier molecular flexibility index (Phi) is 6.01. The Labute approximate surface area is 154 Å². The molecule has 0 atom stereocenters. The van der Waals surface area contributed by atoms with Crippen LogP contribution in [0, 0.1) is 12.7 Å². The molecule has 0 radical (unpaired) electrons. The molecule has 1 aliphatic rings. The van der Waals surface area contributed by atoms with Crippen molar-refractivity contribution in [3.63, 3.8) is 0 Å². The monoisotopic (exact) mass is 355 g/mol. The number of rotatable bonds is 5. The number of amides is 1. The van der Waals surface area contributed by atoms with Crippen LogP contribution < -0.4 is 5.32 Å². The molecule has 1 fully saturated rings. The van der Waals surface area contributed by atoms with Crippen LogP contribution in [0.4, 0.5) is 10.1 Å². The van der Waals surface area contributed by atoms with Gasteiger partial charge in [0.1, 0.15) is 5.82 Å². The zero-order valence-electron chi connectivity index (χ0n) is 15.5. The van der Waals surface area contributed by atoms with Crippen molar-refractivity contribution < 1.29 is 9.18 Å². The SMILES string of the molecule is CCN1CCN(Cc2ccc(NC(=O)c3cc(F)ccc3C)cc2)CC1. The summed E-state index contributed by atoms with van der Waals surface area (Å²) in [6.45, 7) is 10.5. The van der Waals surface area contributed by atoms with Gasteiger partial charge in [0.2, 0.25) is 0 Å². The summed E-state index contributed by atoms with van der Waals surface area (Å²) < 4.78 is 13.4. The van der Waals surface area contributed by atoms with E-state index in [1.165, 1.54) is 17.7 Å². The molecule has 1 saturated heterocycles. The van der Waals surface area contributed by atoms with Crippen LogP contribution in [0.5, 0.6) is 0 Å². The summed E-state index contributed by atoms with van der Waals surface area (Å²) in [6.07, 6.45) is 0. The molecule has 2 aromatic rings. The fourth-order valence-corrected chi connectivity index (χ4v) is 3.25. The molecular weight excluding hydrogens is 329 g/mol. The number of likely N-dealkylation sites (N-methyl/N-ethyl adjacent to an activating group) is 1. The lowest BCUT2D eigenvalue weighted by Crippen LogP contribution is -2.45. The van der Waals surface area contributed by atoms with Crippen molar-refractivity contribution in [2.45, 2.75) is 20.4 Å². The highest BCUT2D eigenvalue weighted by Crippen LogP contribution is 2.16. The molecule has 4 nitrogen and oxygen atoms in total. The Hall–Kier alpha value is -2.24. The van der Waals surface area contributed by atoms with Crippen LogP contribution in [-0.2, 0) is 6.54 Å². The number of halogens is 1. The molecule has 138 valence electrons. The molecule has 1 amide bonds. The van der Waals surface area contributed by atoms with Gasteiger partial charge in [-0.15, -0.1) is 0 Å². The smallest absolute Gasteiger partial charge is 0.256 e. The lowest BCUT2D eigenvalue weighted by Gasteiger charge is -2.34. The van der Waals surface area contributed by atoms with Crippen molar-refractivity contribution in [1.29, 1.82) is 0 Å². The predicted molar refractivity (Wildman–Crippen MR) is 103 cm³/mol. The molecule has 1 aliphatic heterocycles. The van der Waals surface area contributed by atoms with Crippen LogP contribution in [0.2, 0.25) is 0 Å². The van der Waals surface area contributed by atoms with Gasteiger partial charge in [-0.25, -0.2) is 4.39 Å². The van der Waals surface area contributed by atoms with Gasteiger partial charge in [-0.1, -0.05) is 25.1 Å². The Bertz CT molecular complexity index is 752. The maximum Gasteiger partial charge on any atom is 0.256 e. The number of aryl methyl sites for hydroxylation is 1. The van der Waals surface area contributed by atoms with Crippen molar-refractivity contribution in [2.24, 2.45) is 0 Å². The number of carbonyl (C=O) groups is 1. The lowest BCUT2D eigenvalue weighted by atomic mass is 10.1. The molecular formula is C21H26FN3O. The molecule has 0 aromatic heterocycles. The van der Waals surface area contributed by atoms with Crippen molar-refractivity contribution in [2.75, 3.05) is 38.0 Å². The van der Waals surface area contributed by atoms with Crippen LogP contribution in [0.1, 0.15) is 28.4 Å². The van der Waals surface area contributed by atoms with Gasteiger partial charge in [0, 0.05) is 44.0 Å². The minimum absolute atomic E-state index is 0.287. The van der Waals surface area contributed by atoms with Crippen LogP contribution in [-0.4, -0.2) is 48.4 Å². The first-order valence-corrected chi connectivity index (χ1v) is 9.16. The van der Waals surface area contributed by atoms with Crippen molar-refractivity contribution in [1.82, 2.24) is 9.80 Å². The van der Waals surface area contributed by atoms with Crippen molar-refractivity contribution >= 4 is 11.6 Å². The van der Waals surface area contributed by atoms with Gasteiger partial charge in [0.05, 0.1) is 0 Å². The van der Waals surface area contributed by atoms with Crippen LogP contribution in [0.15, 0.2) is 42.5 Å². The second-order valence-corrected chi connectivity index (χ2v) is 6.82. The summed E-state index contributed by atoms with van der Waals surface area (Å²) in [5.41, 5.74) is 3.07. The topological polar surface area (TPSA) is 35.6 Å². The van der Waals surface area contributed by atoms with E-state index in [2.05, 4.69) is 22.0 Å². The van der Waals surface area contributed by atoms with Gasteiger partial charge < -0.3 is 10.2 Å². The molecule has 5 heteroatoms. The summed E-state index contributed by atoms with van der Waals surface area (Å²) in [7, 11) is 0. The number of benzene rings is 2. The Morgan fingerprint density at radius 3 is 2.35 bits per heavy atom. The minimum atomic E-state index is -0.403. The average molecular weight is 355 g/mol. The van der Waals surface area contributed by atoms with Gasteiger partial charge in [0.15, 0.2) is 0 Å². The van der Waals surface area contributed by atoms with Crippen molar-refractivity contribution in [3.8, 4) is 0 Å². The molecule has 2 aromatic carbocycles. The van der Waals surface area contributed by atoms with E-state index >= 15 is 0 Å². The summed E-state index contributed by atoms with van der Waals surface area (Å²) in [6, 6.07) is 12.1. The number of hydrogen-bond donors (Lipinski definition) is 1. The van der Waals surface area contributed by atoms with Crippen LogP contribution >= 0.6 is 0 Å². The number of hydrogen-bond acceptors (Lipinski definition) is 3. The van der Waals surface area contributed by atoms with E-state index in [4.69, 9.17) is 0 Å². The molecule has 1 N–H and O–H groups in total. The van der Waals surface area contributed by atoms with E-state index < -0.39 is 5.82 Å². The largest absolute Gasteiger partial charge is 0.322 e. The summed E-state index contributed by atoms with van der Waals surface area (Å²) >= 11 is 0. The second kappa shape index (κ2) is 8.43. The predicted octanol–water partition coefficient (Wildman–Crippen LogP) is 3.52. The third-order valence-corrected chi connectivity index (χ3v) is 4.97. The van der Waals surface area contributed by atoms with Gasteiger partial charge in [-0.2, -0.15) is 0 Å². The highest BCUT2D eigenvalue weighted by Gasteiger charge is 2.15. The number of carbonyl (C=O) groups excluding carboxylic acids is 1. The second-order valence-electron chi connectivity index (χ2n) is 6.82. The molecule has 0 spiro atoms. The van der Waals surface area contributed by atoms with Gasteiger partial charge in [-0.3, -0.25) is 9.69 Å². The first-order chi connectivity index (χ1) is 12.5. The van der Waals surface area contributed by atoms with E-state index in [-0.39, 0.29) is 5.91 Å². The Morgan fingerprint density at radius 1 is 1.04 bits per heavy atom. The lowest BCUT2D eigenvalue weighted by molar-refractivity contribution is 0.102. The maximum atomic E-state index is 13.4. The standard InChI is InChI=1S/C21H26FN3O/c1-3-24-10-12-25(13-11-24)15-17-5-8-19(9-6-17)23-21(26)20-14-18(22)7-4-16(20)2/h4-9,14H,3,10-13,15H2,1-2H3,(H,23,26). The van der Waals surface area contributed by atoms with Gasteiger partial charge in [0.25, 0.3) is 5.91 Å². The first-order valence-electron chi connectivity index (χ1n) is 9.16. The highest BCUT2D eigenvalue weighted by molar-refractivity contribution is 6.05. The molecule has 0 aliphatic carbocycles. The maximum absolute atomic E-state index is 13.4. The van der Waals surface area contributed by atoms with Crippen LogP contribution in [0.25, 0.3) is 0 Å². The van der Waals surface area contributed by atoms with E-state index in [9.17, 15) is 9.18 Å². The average Bonchev–Trinajstić information content (AvgIpc) is 2.66. The third-order valence-electron chi connectivity index (χ3n) is 4.97. The molecule has 26 heavy (non-hydrogen) atoms. The summed E-state index contributed by atoms with van der Waals surface area (Å²) in [5, 5.41) is 2.84. The normalized spacial score (nSPS) is 15.8. The molecule has 1 heterocycles. The highest BCUT2D eigenvalue weighted by atomic mass is 19.1. The summed E-state index contributed by atoms with van der Waals surface area (Å²) in [4.78, 5) is 17.3. The number of anilines is 1. The third kappa shape index (κ3) is 4.68. The van der Waals surface area contributed by atoms with Gasteiger partial charge in [-0.05, 0) is 48.9 Å². The summed E-state index contributed by atoms with van der Waals surface area (Å²) in [5.74, 6) is -0.690. The van der Waals surface area contributed by atoms with E-state index in [0.717, 1.165) is 50.5 Å². The fraction of sp³-hybridized carbons (Fsp3) is 0.381. The molecule has 3 rings (SSSR count). The zero-order valence-corrected chi connectivity index (χ0v) is 15.5. The van der Waals surface area contributed by atoms with Gasteiger partial charge >= 0.3 is 0 Å². The zero-order chi connectivity index (χ0) is 18.5. The fourth-order valence-electron chi connectivity index (χ4n) is 3.25. The van der Waals surface area contributed by atoms with E-state index in [0.29, 0.717) is 5.56 Å². The van der Waals surface area contributed by atoms with E-state index in [1.54, 1.807) is 13.0 Å². The Balaban J connectivity index is 1.57. The van der Waals surface area contributed by atoms with Crippen LogP contribution in [0.3, 0.4) is 0 Å². The molecule has 0 unspecified atom stereocenters. The number of nitrogens with zero attached hydrogens (tertiary/aromatic N) is 2. The number of piperazine rings is 1. The first kappa shape index (κ1) is 18.5. The molecule has 0 saturated carbocycles. The molecule has 0 bridgehead atoms. The Morgan fingerprint density at radius 2 is 1.69 bits per heavy atom. The number of nitrogens with one attached hydrogen (secondary N) is 1. The minimum Gasteiger partial charge on any atom is -0.322 e. The van der Waals surface area contributed by atoms with Crippen molar-refractivity contribution in [3.05, 3.63) is 65.0 Å². The van der Waals surface area contributed by atoms with E-state index in [1.807, 2.05) is 24.3 Å².